The van der Waals surface area contributed by atoms with E-state index in [9.17, 15) is 4.39 Å². The van der Waals surface area contributed by atoms with Gasteiger partial charge in [0.15, 0.2) is 5.96 Å². The molecular weight excluding hydrogens is 496 g/mol. The van der Waals surface area contributed by atoms with Gasteiger partial charge in [0.05, 0.1) is 0 Å². The Bertz CT molecular complexity index is 681. The van der Waals surface area contributed by atoms with Gasteiger partial charge in [-0.2, -0.15) is 0 Å². The van der Waals surface area contributed by atoms with Crippen molar-refractivity contribution >= 4 is 35.6 Å². The quantitative estimate of drug-likeness (QED) is 0.368. The number of hydrogen-bond acceptors (Lipinski definition) is 4. The van der Waals surface area contributed by atoms with Crippen LogP contribution in [0.2, 0.25) is 0 Å². The molecule has 0 radical (unpaired) electrons. The van der Waals surface area contributed by atoms with Crippen LogP contribution in [-0.4, -0.2) is 87.4 Å². The number of benzene rings is 1. The minimum Gasteiger partial charge on any atom is -0.381 e. The molecule has 3 heterocycles. The first-order valence-electron chi connectivity index (χ1n) is 11.0. The minimum absolute atomic E-state index is 0. The van der Waals surface area contributed by atoms with Gasteiger partial charge in [-0.25, -0.2) is 4.39 Å². The molecular formula is C22H35FIN5O. The zero-order valence-electron chi connectivity index (χ0n) is 18.0. The molecule has 3 saturated heterocycles. The third kappa shape index (κ3) is 5.37. The number of likely N-dealkylation sites (tertiary alicyclic amines) is 1. The number of guanidine groups is 1. The van der Waals surface area contributed by atoms with E-state index in [1.165, 1.54) is 38.1 Å². The molecule has 168 valence electrons. The van der Waals surface area contributed by atoms with E-state index in [1.807, 2.05) is 19.2 Å². The molecule has 0 spiro atoms. The van der Waals surface area contributed by atoms with Crippen molar-refractivity contribution in [2.45, 2.75) is 31.2 Å². The fraction of sp³-hybridized carbons (Fsp3) is 0.682. The molecule has 0 unspecified atom stereocenters. The third-order valence-corrected chi connectivity index (χ3v) is 6.76. The number of rotatable bonds is 4. The summed E-state index contributed by atoms with van der Waals surface area (Å²) in [7, 11) is 1.88. The summed E-state index contributed by atoms with van der Waals surface area (Å²) >= 11 is 0. The Balaban J connectivity index is 0.00000256. The average Bonchev–Trinajstić information content (AvgIpc) is 3.32. The van der Waals surface area contributed by atoms with Crippen molar-refractivity contribution in [3.05, 3.63) is 30.1 Å². The van der Waals surface area contributed by atoms with Crippen molar-refractivity contribution in [3.63, 3.8) is 0 Å². The van der Waals surface area contributed by atoms with E-state index in [-0.39, 0.29) is 35.3 Å². The van der Waals surface area contributed by atoms with E-state index >= 15 is 0 Å². The van der Waals surface area contributed by atoms with Gasteiger partial charge in [-0.1, -0.05) is 0 Å². The van der Waals surface area contributed by atoms with Crippen LogP contribution in [0.5, 0.6) is 0 Å². The molecule has 1 aromatic rings. The van der Waals surface area contributed by atoms with Crippen LogP contribution in [0.3, 0.4) is 0 Å². The number of nitrogens with one attached hydrogen (secondary N) is 1. The number of anilines is 1. The first kappa shape index (κ1) is 23.5. The van der Waals surface area contributed by atoms with E-state index in [0.29, 0.717) is 0 Å². The predicted octanol–water partition coefficient (Wildman–Crippen LogP) is 2.79. The van der Waals surface area contributed by atoms with Gasteiger partial charge in [0.1, 0.15) is 5.82 Å². The van der Waals surface area contributed by atoms with Gasteiger partial charge in [-0.3, -0.25) is 9.89 Å². The lowest BCUT2D eigenvalue weighted by Gasteiger charge is -2.45. The van der Waals surface area contributed by atoms with Crippen LogP contribution in [0.1, 0.15) is 25.7 Å². The molecule has 8 heteroatoms. The Labute approximate surface area is 196 Å². The fourth-order valence-electron chi connectivity index (χ4n) is 4.95. The summed E-state index contributed by atoms with van der Waals surface area (Å²) in [6, 6.07) is 6.80. The van der Waals surface area contributed by atoms with Gasteiger partial charge in [0.25, 0.3) is 0 Å². The van der Waals surface area contributed by atoms with Crippen LogP contribution in [0, 0.1) is 5.82 Å². The molecule has 0 bridgehead atoms. The van der Waals surface area contributed by atoms with Gasteiger partial charge < -0.3 is 19.9 Å². The number of ether oxygens (including phenoxy) is 1. The molecule has 1 aromatic carbocycles. The molecule has 1 N–H and O–H groups in total. The molecule has 0 amide bonds. The summed E-state index contributed by atoms with van der Waals surface area (Å²) in [5, 5.41) is 3.70. The molecule has 3 aliphatic rings. The molecule has 0 aromatic heterocycles. The highest BCUT2D eigenvalue weighted by Gasteiger charge is 2.40. The first-order valence-corrected chi connectivity index (χ1v) is 11.0. The minimum atomic E-state index is -0.183. The smallest absolute Gasteiger partial charge is 0.193 e. The second kappa shape index (κ2) is 10.9. The van der Waals surface area contributed by atoms with Gasteiger partial charge in [0, 0.05) is 64.2 Å². The molecule has 0 saturated carbocycles. The topological polar surface area (TPSA) is 43.3 Å². The zero-order chi connectivity index (χ0) is 20.1. The van der Waals surface area contributed by atoms with Crippen molar-refractivity contribution in [1.82, 2.24) is 15.1 Å². The number of piperazine rings is 1. The maximum Gasteiger partial charge on any atom is 0.193 e. The lowest BCUT2D eigenvalue weighted by atomic mass is 9.88. The van der Waals surface area contributed by atoms with E-state index in [1.54, 1.807) is 0 Å². The van der Waals surface area contributed by atoms with E-state index in [4.69, 9.17) is 4.74 Å². The van der Waals surface area contributed by atoms with Crippen molar-refractivity contribution in [1.29, 1.82) is 0 Å². The van der Waals surface area contributed by atoms with Crippen molar-refractivity contribution in [2.75, 3.05) is 71.0 Å². The fourth-order valence-corrected chi connectivity index (χ4v) is 4.95. The van der Waals surface area contributed by atoms with Crippen LogP contribution < -0.4 is 10.2 Å². The first-order chi connectivity index (χ1) is 14.2. The Hall–Kier alpha value is -1.13. The standard InChI is InChI=1S/C22H34FN5O.HI/c1-24-21(25-18-22(8-16-29-17-9-22)28-10-2-3-11-28)27-14-12-26(13-15-27)20-6-4-19(23)5-7-20;/h4-7H,2-3,8-18H2,1H3,(H,24,25);1H. The van der Waals surface area contributed by atoms with Crippen LogP contribution in [0.15, 0.2) is 29.3 Å². The maximum atomic E-state index is 13.2. The molecule has 3 fully saturated rings. The molecule has 6 nitrogen and oxygen atoms in total. The second-order valence-electron chi connectivity index (χ2n) is 8.38. The molecule has 4 rings (SSSR count). The van der Waals surface area contributed by atoms with Crippen molar-refractivity contribution in [3.8, 4) is 0 Å². The van der Waals surface area contributed by atoms with Gasteiger partial charge >= 0.3 is 0 Å². The molecule has 0 atom stereocenters. The SMILES string of the molecule is CN=C(NCC1(N2CCCC2)CCOCC1)N1CCN(c2ccc(F)cc2)CC1.I. The summed E-state index contributed by atoms with van der Waals surface area (Å²) in [6.45, 7) is 8.71. The lowest BCUT2D eigenvalue weighted by Crippen LogP contribution is -2.60. The van der Waals surface area contributed by atoms with Crippen molar-refractivity contribution < 1.29 is 9.13 Å². The number of halogens is 2. The molecule has 0 aliphatic carbocycles. The van der Waals surface area contributed by atoms with Crippen LogP contribution in [0.25, 0.3) is 0 Å². The Morgan fingerprint density at radius 2 is 1.67 bits per heavy atom. The average molecular weight is 531 g/mol. The number of hydrogen-bond donors (Lipinski definition) is 1. The summed E-state index contributed by atoms with van der Waals surface area (Å²) in [5.74, 6) is 0.811. The highest BCUT2D eigenvalue weighted by atomic mass is 127. The van der Waals surface area contributed by atoms with E-state index < -0.39 is 0 Å². The van der Waals surface area contributed by atoms with Crippen LogP contribution in [-0.2, 0) is 4.74 Å². The Morgan fingerprint density at radius 1 is 1.03 bits per heavy atom. The van der Waals surface area contributed by atoms with E-state index in [0.717, 1.165) is 70.4 Å². The maximum absolute atomic E-state index is 13.2. The number of nitrogens with zero attached hydrogens (tertiary/aromatic N) is 4. The summed E-state index contributed by atoms with van der Waals surface area (Å²) < 4.78 is 18.9. The van der Waals surface area contributed by atoms with Crippen molar-refractivity contribution in [2.24, 2.45) is 4.99 Å². The normalized spacial score (nSPS) is 22.7. The Kier molecular flexibility index (Phi) is 8.59. The van der Waals surface area contributed by atoms with Gasteiger partial charge in [0.2, 0.25) is 0 Å². The van der Waals surface area contributed by atoms with Gasteiger partial charge in [-0.05, 0) is 63.0 Å². The summed E-state index contributed by atoms with van der Waals surface area (Å²) in [6.07, 6.45) is 4.80. The van der Waals surface area contributed by atoms with Crippen LogP contribution in [0.4, 0.5) is 10.1 Å². The zero-order valence-corrected chi connectivity index (χ0v) is 20.3. The third-order valence-electron chi connectivity index (χ3n) is 6.76. The highest BCUT2D eigenvalue weighted by Crippen LogP contribution is 2.30. The van der Waals surface area contributed by atoms with E-state index in [2.05, 4.69) is 25.0 Å². The molecule has 3 aliphatic heterocycles. The monoisotopic (exact) mass is 531 g/mol. The predicted molar refractivity (Wildman–Crippen MR) is 131 cm³/mol. The molecule has 30 heavy (non-hydrogen) atoms. The summed E-state index contributed by atoms with van der Waals surface area (Å²) in [4.78, 5) is 11.9. The summed E-state index contributed by atoms with van der Waals surface area (Å²) in [5.41, 5.74) is 1.28. The largest absolute Gasteiger partial charge is 0.381 e. The van der Waals surface area contributed by atoms with Crippen LogP contribution >= 0.6 is 24.0 Å². The Morgan fingerprint density at radius 3 is 2.27 bits per heavy atom. The number of aliphatic imine (C=N–C) groups is 1. The highest BCUT2D eigenvalue weighted by molar-refractivity contribution is 14.0. The lowest BCUT2D eigenvalue weighted by molar-refractivity contribution is -0.0166. The van der Waals surface area contributed by atoms with Gasteiger partial charge in [-0.15, -0.1) is 24.0 Å². The second-order valence-corrected chi connectivity index (χ2v) is 8.38.